The Labute approximate surface area is 172 Å². The molecule has 154 valence electrons. The van der Waals surface area contributed by atoms with Crippen LogP contribution in [-0.4, -0.2) is 36.1 Å². The summed E-state index contributed by atoms with van der Waals surface area (Å²) >= 11 is 0. The number of furan rings is 1. The summed E-state index contributed by atoms with van der Waals surface area (Å²) in [6.07, 6.45) is 0. The van der Waals surface area contributed by atoms with Crippen LogP contribution in [0.4, 0.5) is 5.69 Å². The SMILES string of the molecule is CC[NH+](CC(=O)Nc1cccc(OC)c1)Cc1nc2c(oc3ccccc32)c(=O)[nH]1. The van der Waals surface area contributed by atoms with Gasteiger partial charge in [-0.3, -0.25) is 9.59 Å². The molecule has 1 amide bonds. The summed E-state index contributed by atoms with van der Waals surface area (Å²) in [5, 5.41) is 3.68. The van der Waals surface area contributed by atoms with Crippen molar-refractivity contribution in [3.05, 3.63) is 64.7 Å². The van der Waals surface area contributed by atoms with E-state index in [-0.39, 0.29) is 23.6 Å². The minimum Gasteiger partial charge on any atom is -0.497 e. The van der Waals surface area contributed by atoms with E-state index in [1.54, 1.807) is 13.2 Å². The lowest BCUT2D eigenvalue weighted by atomic mass is 10.2. The van der Waals surface area contributed by atoms with Gasteiger partial charge >= 0.3 is 0 Å². The molecule has 0 fully saturated rings. The van der Waals surface area contributed by atoms with Crippen LogP contribution in [0.2, 0.25) is 0 Å². The first-order valence-electron chi connectivity index (χ1n) is 9.75. The lowest BCUT2D eigenvalue weighted by molar-refractivity contribution is -0.904. The van der Waals surface area contributed by atoms with E-state index in [9.17, 15) is 9.59 Å². The first-order valence-corrected chi connectivity index (χ1v) is 9.75. The Morgan fingerprint density at radius 1 is 1.23 bits per heavy atom. The van der Waals surface area contributed by atoms with Crippen molar-refractivity contribution in [2.24, 2.45) is 0 Å². The molecule has 0 spiro atoms. The molecule has 0 aliphatic rings. The molecule has 4 rings (SSSR count). The number of benzene rings is 2. The van der Waals surface area contributed by atoms with Crippen molar-refractivity contribution in [2.75, 3.05) is 25.5 Å². The average molecular weight is 407 g/mol. The van der Waals surface area contributed by atoms with E-state index in [4.69, 9.17) is 9.15 Å². The monoisotopic (exact) mass is 407 g/mol. The minimum atomic E-state index is -0.317. The van der Waals surface area contributed by atoms with Crippen LogP contribution in [0.25, 0.3) is 22.1 Å². The molecule has 4 aromatic rings. The number of hydrogen-bond donors (Lipinski definition) is 3. The molecular weight excluding hydrogens is 384 g/mol. The highest BCUT2D eigenvalue weighted by atomic mass is 16.5. The van der Waals surface area contributed by atoms with Gasteiger partial charge in [-0.15, -0.1) is 0 Å². The van der Waals surface area contributed by atoms with Gasteiger partial charge in [0, 0.05) is 17.1 Å². The van der Waals surface area contributed by atoms with Crippen LogP contribution >= 0.6 is 0 Å². The number of hydrogen-bond acceptors (Lipinski definition) is 5. The highest BCUT2D eigenvalue weighted by Gasteiger charge is 2.18. The summed E-state index contributed by atoms with van der Waals surface area (Å²) in [5.74, 6) is 1.07. The van der Waals surface area contributed by atoms with Gasteiger partial charge in [-0.2, -0.15) is 0 Å². The molecule has 0 saturated heterocycles. The van der Waals surface area contributed by atoms with E-state index in [0.717, 1.165) is 10.3 Å². The summed E-state index contributed by atoms with van der Waals surface area (Å²) in [4.78, 5) is 33.3. The first kappa shape index (κ1) is 19.7. The van der Waals surface area contributed by atoms with Crippen LogP contribution in [0.3, 0.4) is 0 Å². The van der Waals surface area contributed by atoms with Crippen molar-refractivity contribution in [2.45, 2.75) is 13.5 Å². The molecule has 0 saturated carbocycles. The maximum absolute atomic E-state index is 12.5. The summed E-state index contributed by atoms with van der Waals surface area (Å²) in [5.41, 5.74) is 1.74. The van der Waals surface area contributed by atoms with Gasteiger partial charge in [0.2, 0.25) is 5.58 Å². The molecule has 1 unspecified atom stereocenters. The molecule has 0 aliphatic heterocycles. The number of aromatic amines is 1. The van der Waals surface area contributed by atoms with Crippen LogP contribution in [0.15, 0.2) is 57.7 Å². The lowest BCUT2D eigenvalue weighted by Crippen LogP contribution is -3.11. The number of ether oxygens (including phenoxy) is 1. The summed E-state index contributed by atoms with van der Waals surface area (Å²) in [6.45, 7) is 3.33. The number of rotatable bonds is 7. The average Bonchev–Trinajstić information content (AvgIpc) is 3.13. The highest BCUT2D eigenvalue weighted by molar-refractivity contribution is 6.01. The normalized spacial score (nSPS) is 12.2. The van der Waals surface area contributed by atoms with E-state index in [0.29, 0.717) is 41.5 Å². The lowest BCUT2D eigenvalue weighted by Gasteiger charge is -2.16. The van der Waals surface area contributed by atoms with Crippen LogP contribution in [0, 0.1) is 0 Å². The van der Waals surface area contributed by atoms with Gasteiger partial charge in [0.05, 0.1) is 13.7 Å². The molecule has 0 radical (unpaired) electrons. The van der Waals surface area contributed by atoms with Gasteiger partial charge in [0.1, 0.15) is 23.4 Å². The molecule has 0 bridgehead atoms. The van der Waals surface area contributed by atoms with Crippen molar-refractivity contribution < 1.29 is 18.8 Å². The number of quaternary nitrogens is 1. The zero-order valence-corrected chi connectivity index (χ0v) is 16.8. The number of carbonyl (C=O) groups is 1. The summed E-state index contributed by atoms with van der Waals surface area (Å²) < 4.78 is 10.8. The van der Waals surface area contributed by atoms with Crippen LogP contribution in [-0.2, 0) is 11.3 Å². The second kappa shape index (κ2) is 8.38. The van der Waals surface area contributed by atoms with Crippen LogP contribution in [0.1, 0.15) is 12.7 Å². The Balaban J connectivity index is 1.51. The Morgan fingerprint density at radius 3 is 2.87 bits per heavy atom. The minimum absolute atomic E-state index is 0.128. The largest absolute Gasteiger partial charge is 0.497 e. The number of methoxy groups -OCH3 is 1. The number of amides is 1. The fourth-order valence-corrected chi connectivity index (χ4v) is 3.41. The second-order valence-corrected chi connectivity index (χ2v) is 7.03. The molecule has 0 aliphatic carbocycles. The quantitative estimate of drug-likeness (QED) is 0.433. The number of nitrogens with one attached hydrogen (secondary N) is 3. The topological polar surface area (TPSA) is 102 Å². The van der Waals surface area contributed by atoms with Crippen LogP contribution in [0.5, 0.6) is 5.75 Å². The molecule has 8 nitrogen and oxygen atoms in total. The third-order valence-corrected chi connectivity index (χ3v) is 4.96. The number of fused-ring (bicyclic) bond motifs is 3. The van der Waals surface area contributed by atoms with Crippen molar-refractivity contribution in [1.82, 2.24) is 9.97 Å². The molecule has 30 heavy (non-hydrogen) atoms. The fourth-order valence-electron chi connectivity index (χ4n) is 3.41. The number of anilines is 1. The smallest absolute Gasteiger partial charge is 0.294 e. The number of H-pyrrole nitrogens is 1. The van der Waals surface area contributed by atoms with Gasteiger partial charge in [0.25, 0.3) is 11.5 Å². The zero-order valence-electron chi connectivity index (χ0n) is 16.8. The third-order valence-electron chi connectivity index (χ3n) is 4.96. The molecule has 8 heteroatoms. The van der Waals surface area contributed by atoms with E-state index in [1.165, 1.54) is 0 Å². The fraction of sp³-hybridized carbons (Fsp3) is 0.227. The number of carbonyl (C=O) groups excluding carboxylic acids is 1. The Morgan fingerprint density at radius 2 is 2.07 bits per heavy atom. The second-order valence-electron chi connectivity index (χ2n) is 7.03. The molecule has 2 heterocycles. The third kappa shape index (κ3) is 4.04. The summed E-state index contributed by atoms with van der Waals surface area (Å²) in [7, 11) is 1.58. The van der Waals surface area contributed by atoms with Crippen molar-refractivity contribution in [3.63, 3.8) is 0 Å². The van der Waals surface area contributed by atoms with Gasteiger partial charge in [-0.05, 0) is 31.2 Å². The van der Waals surface area contributed by atoms with Crippen molar-refractivity contribution >= 4 is 33.7 Å². The van der Waals surface area contributed by atoms with E-state index < -0.39 is 0 Å². The maximum Gasteiger partial charge on any atom is 0.294 e. The number of nitrogens with zero attached hydrogens (tertiary/aromatic N) is 1. The first-order chi connectivity index (χ1) is 14.6. The molecule has 1 atom stereocenters. The molecule has 2 aromatic heterocycles. The van der Waals surface area contributed by atoms with Gasteiger partial charge in [-0.25, -0.2) is 4.98 Å². The highest BCUT2D eigenvalue weighted by Crippen LogP contribution is 2.24. The number of aromatic nitrogens is 2. The van der Waals surface area contributed by atoms with E-state index in [1.807, 2.05) is 49.4 Å². The standard InChI is InChI=1S/C22H22N4O4/c1-3-26(13-19(27)23-14-7-6-8-15(11-14)29-2)12-18-24-20-16-9-4-5-10-17(16)30-21(20)22(28)25-18/h4-11H,3,12-13H2,1-2H3,(H,23,27)(H,24,25,28)/p+1. The molecule has 3 N–H and O–H groups in total. The number of para-hydroxylation sites is 1. The van der Waals surface area contributed by atoms with E-state index in [2.05, 4.69) is 15.3 Å². The van der Waals surface area contributed by atoms with Gasteiger partial charge in [-0.1, -0.05) is 18.2 Å². The van der Waals surface area contributed by atoms with Gasteiger partial charge in [0.15, 0.2) is 12.4 Å². The molecule has 2 aromatic carbocycles. The Hall–Kier alpha value is -3.65. The summed E-state index contributed by atoms with van der Waals surface area (Å²) in [6, 6.07) is 14.6. The predicted octanol–water partition coefficient (Wildman–Crippen LogP) is 1.72. The van der Waals surface area contributed by atoms with Gasteiger partial charge < -0.3 is 24.4 Å². The number of likely N-dealkylation sites (N-methyl/N-ethyl adjacent to an activating group) is 1. The van der Waals surface area contributed by atoms with E-state index >= 15 is 0 Å². The zero-order chi connectivity index (χ0) is 21.1. The van der Waals surface area contributed by atoms with Crippen LogP contribution < -0.4 is 20.5 Å². The van der Waals surface area contributed by atoms with Crippen molar-refractivity contribution in [3.8, 4) is 5.75 Å². The maximum atomic E-state index is 12.5. The molecular formula is C22H23N4O4+. The Kier molecular flexibility index (Phi) is 5.49. The van der Waals surface area contributed by atoms with Crippen molar-refractivity contribution in [1.29, 1.82) is 0 Å². The predicted molar refractivity (Wildman–Crippen MR) is 114 cm³/mol. The Bertz CT molecular complexity index is 1260.